The molecule has 4 heterocycles. The highest BCUT2D eigenvalue weighted by Crippen LogP contribution is 2.24. The number of likely N-dealkylation sites (N-methyl/N-ethyl adjacent to an activating group) is 1. The molecule has 32 heavy (non-hydrogen) atoms. The third kappa shape index (κ3) is 5.12. The van der Waals surface area contributed by atoms with Crippen molar-refractivity contribution >= 4 is 17.5 Å². The summed E-state index contributed by atoms with van der Waals surface area (Å²) in [5.41, 5.74) is 2.74. The van der Waals surface area contributed by atoms with Crippen molar-refractivity contribution in [3.63, 3.8) is 0 Å². The van der Waals surface area contributed by atoms with E-state index in [4.69, 9.17) is 4.98 Å². The molecule has 0 bridgehead atoms. The summed E-state index contributed by atoms with van der Waals surface area (Å²) in [5, 5.41) is 2.95. The third-order valence-corrected chi connectivity index (χ3v) is 6.49. The first-order chi connectivity index (χ1) is 15.4. The first-order valence-corrected chi connectivity index (χ1v) is 11.6. The van der Waals surface area contributed by atoms with Gasteiger partial charge in [-0.2, -0.15) is 0 Å². The maximum absolute atomic E-state index is 13.1. The lowest BCUT2D eigenvalue weighted by Crippen LogP contribution is -2.45. The van der Waals surface area contributed by atoms with E-state index in [1.165, 1.54) is 6.42 Å². The lowest BCUT2D eigenvalue weighted by Gasteiger charge is -2.34. The Morgan fingerprint density at radius 3 is 2.22 bits per heavy atom. The van der Waals surface area contributed by atoms with Crippen LogP contribution in [0.15, 0.2) is 23.0 Å². The molecule has 0 aromatic carbocycles. The molecule has 0 atom stereocenters. The second-order valence-electron chi connectivity index (χ2n) is 9.04. The highest BCUT2D eigenvalue weighted by atomic mass is 16.1. The molecule has 8 heteroatoms. The van der Waals surface area contributed by atoms with Gasteiger partial charge in [-0.1, -0.05) is 0 Å². The highest BCUT2D eigenvalue weighted by molar-refractivity contribution is 5.95. The van der Waals surface area contributed by atoms with Crippen molar-refractivity contribution in [1.29, 1.82) is 0 Å². The predicted octanol–water partition coefficient (Wildman–Crippen LogP) is 2.06. The SMILES string of the molecule is Cc1cc(C)c(CNC(=O)c2cc(N3CCCCC3)nc(N3CCN(C)CC3)c2)c(=O)[nH]1. The summed E-state index contributed by atoms with van der Waals surface area (Å²) in [6.45, 7) is 9.64. The van der Waals surface area contributed by atoms with Gasteiger partial charge in [0.1, 0.15) is 11.6 Å². The normalized spacial score (nSPS) is 17.5. The molecule has 2 aromatic rings. The van der Waals surface area contributed by atoms with Gasteiger partial charge in [0.05, 0.1) is 0 Å². The standard InChI is InChI=1S/C24H34N6O2/c1-17-13-18(2)26-24(32)20(17)16-25-23(31)19-14-21(29-7-5-4-6-8-29)27-22(15-19)30-11-9-28(3)10-12-30/h13-15H,4-12,16H2,1-3H3,(H,25,31)(H,26,32). The Morgan fingerprint density at radius 1 is 0.969 bits per heavy atom. The molecule has 0 radical (unpaired) electrons. The minimum absolute atomic E-state index is 0.148. The van der Waals surface area contributed by atoms with E-state index < -0.39 is 0 Å². The van der Waals surface area contributed by atoms with E-state index in [1.54, 1.807) is 0 Å². The van der Waals surface area contributed by atoms with Crippen LogP contribution in [0.2, 0.25) is 0 Å². The molecule has 2 fully saturated rings. The van der Waals surface area contributed by atoms with Crippen LogP contribution in [0.5, 0.6) is 0 Å². The number of piperidine rings is 1. The van der Waals surface area contributed by atoms with E-state index >= 15 is 0 Å². The number of carbonyl (C=O) groups is 1. The van der Waals surface area contributed by atoms with Crippen molar-refractivity contribution in [2.24, 2.45) is 0 Å². The Labute approximate surface area is 189 Å². The molecule has 2 aliphatic heterocycles. The van der Waals surface area contributed by atoms with Gasteiger partial charge in [-0.3, -0.25) is 9.59 Å². The molecule has 8 nitrogen and oxygen atoms in total. The van der Waals surface area contributed by atoms with E-state index in [0.29, 0.717) is 11.1 Å². The molecule has 0 saturated carbocycles. The third-order valence-electron chi connectivity index (χ3n) is 6.49. The zero-order valence-corrected chi connectivity index (χ0v) is 19.4. The zero-order valence-electron chi connectivity index (χ0n) is 19.4. The van der Waals surface area contributed by atoms with Crippen LogP contribution in [-0.4, -0.2) is 67.1 Å². The van der Waals surface area contributed by atoms with Gasteiger partial charge in [-0.05, 0) is 63.9 Å². The van der Waals surface area contributed by atoms with E-state index in [9.17, 15) is 9.59 Å². The lowest BCUT2D eigenvalue weighted by molar-refractivity contribution is 0.0950. The smallest absolute Gasteiger partial charge is 0.253 e. The number of hydrogen-bond acceptors (Lipinski definition) is 6. The first-order valence-electron chi connectivity index (χ1n) is 11.6. The molecular formula is C24H34N6O2. The molecule has 2 N–H and O–H groups in total. The van der Waals surface area contributed by atoms with Crippen LogP contribution in [0.1, 0.15) is 46.4 Å². The molecule has 4 rings (SSSR count). The molecule has 2 aliphatic rings. The van der Waals surface area contributed by atoms with Crippen LogP contribution in [0, 0.1) is 13.8 Å². The van der Waals surface area contributed by atoms with Gasteiger partial charge in [0.15, 0.2) is 0 Å². The van der Waals surface area contributed by atoms with Gasteiger partial charge in [0.25, 0.3) is 11.5 Å². The summed E-state index contributed by atoms with van der Waals surface area (Å²) >= 11 is 0. The van der Waals surface area contributed by atoms with E-state index in [1.807, 2.05) is 32.0 Å². The molecule has 172 valence electrons. The molecule has 2 aromatic heterocycles. The number of nitrogens with zero attached hydrogens (tertiary/aromatic N) is 4. The van der Waals surface area contributed by atoms with Crippen LogP contribution >= 0.6 is 0 Å². The van der Waals surface area contributed by atoms with Crippen molar-refractivity contribution in [3.05, 3.63) is 50.9 Å². The fraction of sp³-hybridized carbons (Fsp3) is 0.542. The number of aromatic nitrogens is 2. The maximum atomic E-state index is 13.1. The fourth-order valence-corrected chi connectivity index (χ4v) is 4.49. The minimum Gasteiger partial charge on any atom is -0.357 e. The van der Waals surface area contributed by atoms with Gasteiger partial charge in [0, 0.05) is 62.6 Å². The van der Waals surface area contributed by atoms with Gasteiger partial charge in [0.2, 0.25) is 0 Å². The first kappa shape index (κ1) is 22.3. The average Bonchev–Trinajstić information content (AvgIpc) is 2.79. The number of H-pyrrole nitrogens is 1. The number of piperazine rings is 1. The fourth-order valence-electron chi connectivity index (χ4n) is 4.49. The number of rotatable bonds is 5. The Balaban J connectivity index is 1.58. The van der Waals surface area contributed by atoms with E-state index in [2.05, 4.69) is 32.0 Å². The highest BCUT2D eigenvalue weighted by Gasteiger charge is 2.21. The summed E-state index contributed by atoms with van der Waals surface area (Å²) in [7, 11) is 2.13. The summed E-state index contributed by atoms with van der Waals surface area (Å²) in [6, 6.07) is 5.71. The van der Waals surface area contributed by atoms with E-state index in [-0.39, 0.29) is 18.0 Å². The number of aryl methyl sites for hydroxylation is 2. The Hall–Kier alpha value is -2.87. The molecule has 1 amide bonds. The number of anilines is 2. The van der Waals surface area contributed by atoms with Crippen molar-refractivity contribution in [3.8, 4) is 0 Å². The number of hydrogen-bond donors (Lipinski definition) is 2. The van der Waals surface area contributed by atoms with Crippen molar-refractivity contribution in [2.45, 2.75) is 39.7 Å². The van der Waals surface area contributed by atoms with Crippen molar-refractivity contribution < 1.29 is 4.79 Å². The number of nitrogens with one attached hydrogen (secondary N) is 2. The Kier molecular flexibility index (Phi) is 6.79. The van der Waals surface area contributed by atoms with Gasteiger partial charge in [-0.25, -0.2) is 4.98 Å². The van der Waals surface area contributed by atoms with Crippen LogP contribution in [0.25, 0.3) is 0 Å². The topological polar surface area (TPSA) is 84.6 Å². The summed E-state index contributed by atoms with van der Waals surface area (Å²) < 4.78 is 0. The maximum Gasteiger partial charge on any atom is 0.253 e. The van der Waals surface area contributed by atoms with Crippen molar-refractivity contribution in [1.82, 2.24) is 20.2 Å². The second kappa shape index (κ2) is 9.73. The minimum atomic E-state index is -0.180. The number of aromatic amines is 1. The Bertz CT molecular complexity index is 1020. The molecule has 2 saturated heterocycles. The van der Waals surface area contributed by atoms with Crippen LogP contribution < -0.4 is 20.7 Å². The number of carbonyl (C=O) groups excluding carboxylic acids is 1. The van der Waals surface area contributed by atoms with Crippen LogP contribution in [0.4, 0.5) is 11.6 Å². The summed E-state index contributed by atoms with van der Waals surface area (Å²) in [5.74, 6) is 1.55. The van der Waals surface area contributed by atoms with E-state index in [0.717, 1.165) is 75.0 Å². The quantitative estimate of drug-likeness (QED) is 0.743. The van der Waals surface area contributed by atoms with Crippen molar-refractivity contribution in [2.75, 3.05) is 56.1 Å². The zero-order chi connectivity index (χ0) is 22.7. The number of pyridine rings is 2. The lowest BCUT2D eigenvalue weighted by atomic mass is 10.1. The van der Waals surface area contributed by atoms with Crippen LogP contribution in [-0.2, 0) is 6.54 Å². The molecule has 0 spiro atoms. The molecule has 0 aliphatic carbocycles. The average molecular weight is 439 g/mol. The second-order valence-corrected chi connectivity index (χ2v) is 9.04. The summed E-state index contributed by atoms with van der Waals surface area (Å²) in [4.78, 5) is 40.1. The number of amides is 1. The Morgan fingerprint density at radius 2 is 1.59 bits per heavy atom. The summed E-state index contributed by atoms with van der Waals surface area (Å²) in [6.07, 6.45) is 3.54. The van der Waals surface area contributed by atoms with Gasteiger partial charge >= 0.3 is 0 Å². The van der Waals surface area contributed by atoms with Gasteiger partial charge < -0.3 is 25.0 Å². The molecular weight excluding hydrogens is 404 g/mol. The van der Waals surface area contributed by atoms with Crippen LogP contribution in [0.3, 0.4) is 0 Å². The monoisotopic (exact) mass is 438 g/mol. The molecule has 0 unspecified atom stereocenters. The predicted molar refractivity (Wildman–Crippen MR) is 128 cm³/mol. The largest absolute Gasteiger partial charge is 0.357 e. The van der Waals surface area contributed by atoms with Gasteiger partial charge in [-0.15, -0.1) is 0 Å².